The van der Waals surface area contributed by atoms with E-state index in [1.54, 1.807) is 62.4 Å². The molecule has 294 valence electrons. The van der Waals surface area contributed by atoms with E-state index in [9.17, 15) is 32.3 Å². The molecule has 5 rings (SSSR count). The number of nitrogens with zero attached hydrogens (tertiary/aromatic N) is 3. The van der Waals surface area contributed by atoms with Gasteiger partial charge in [0.05, 0.1) is 12.6 Å². The van der Waals surface area contributed by atoms with E-state index >= 15 is 0 Å². The molecule has 1 aliphatic rings. The van der Waals surface area contributed by atoms with Crippen LogP contribution in [0.3, 0.4) is 0 Å². The number of para-hydroxylation sites is 1. The molecule has 3 aromatic carbocycles. The van der Waals surface area contributed by atoms with Gasteiger partial charge < -0.3 is 36.1 Å². The summed E-state index contributed by atoms with van der Waals surface area (Å²) in [4.78, 5) is 62.1. The predicted molar refractivity (Wildman–Crippen MR) is 202 cm³/mol. The van der Waals surface area contributed by atoms with Crippen LogP contribution in [0.1, 0.15) is 48.2 Å². The Labute approximate surface area is 324 Å². The average molecular weight is 795 g/mol. The number of hydrogen-bond acceptors (Lipinski definition) is 11. The molecule has 0 bridgehead atoms. The zero-order valence-electron chi connectivity index (χ0n) is 30.4. The number of carbonyl (C=O) groups is 4. The predicted octanol–water partition coefficient (Wildman–Crippen LogP) is 6.01. The largest absolute Gasteiger partial charge is 0.466 e. The number of alkyl halides is 3. The summed E-state index contributed by atoms with van der Waals surface area (Å²) in [6.45, 7) is 2.15. The highest BCUT2D eigenvalue weighted by molar-refractivity contribution is 6.39. The summed E-state index contributed by atoms with van der Waals surface area (Å²) in [6.07, 6.45) is -0.535. The normalized spacial score (nSPS) is 13.3. The number of rotatable bonds is 15. The molecule has 1 aromatic heterocycles. The molecule has 0 saturated heterocycles. The van der Waals surface area contributed by atoms with Gasteiger partial charge in [-0.25, -0.2) is 4.79 Å². The molecule has 1 fully saturated rings. The van der Waals surface area contributed by atoms with Crippen LogP contribution >= 0.6 is 11.6 Å². The lowest BCUT2D eigenvalue weighted by atomic mass is 9.93. The Kier molecular flexibility index (Phi) is 12.8. The zero-order chi connectivity index (χ0) is 40.5. The highest BCUT2D eigenvalue weighted by Crippen LogP contribution is 2.48. The standard InChI is InChI=1S/C38H38ClF3N8O6/c1-36(2,21-44-31(53)32(54)46-28-7-5-4-6-23(28)10-17-29(51)55-3)20-43-30(52)24-8-15-27(16-9-24)45-33-47-34(49-35(48-33)56-22-38(40,41)42)50-37(18-19-37)25-11-13-26(39)14-12-25/h4-17H,18-22H2,1-3H3,(H,43,52)(H,44,53)(H,46,54)(H2,45,47,48,49,50)/b17-10+. The van der Waals surface area contributed by atoms with Crippen molar-refractivity contribution in [1.82, 2.24) is 25.6 Å². The van der Waals surface area contributed by atoms with Crippen molar-refractivity contribution in [1.29, 1.82) is 0 Å². The number of nitrogens with one attached hydrogen (secondary N) is 5. The Hall–Kier alpha value is -6.23. The van der Waals surface area contributed by atoms with Crippen molar-refractivity contribution in [3.63, 3.8) is 0 Å². The van der Waals surface area contributed by atoms with Crippen LogP contribution in [0.25, 0.3) is 6.08 Å². The molecule has 18 heteroatoms. The molecule has 0 unspecified atom stereocenters. The number of benzene rings is 3. The summed E-state index contributed by atoms with van der Waals surface area (Å²) >= 11 is 6.04. The van der Waals surface area contributed by atoms with Crippen molar-refractivity contribution in [3.8, 4) is 6.01 Å². The van der Waals surface area contributed by atoms with Gasteiger partial charge in [-0.15, -0.1) is 0 Å². The van der Waals surface area contributed by atoms with Gasteiger partial charge in [0.1, 0.15) is 0 Å². The van der Waals surface area contributed by atoms with E-state index in [1.807, 2.05) is 12.1 Å². The van der Waals surface area contributed by atoms with Crippen LogP contribution in [-0.4, -0.2) is 71.6 Å². The molecule has 1 heterocycles. The summed E-state index contributed by atoms with van der Waals surface area (Å²) in [5, 5.41) is 14.6. The van der Waals surface area contributed by atoms with E-state index in [0.717, 1.165) is 18.4 Å². The first kappa shape index (κ1) is 40.9. The minimum Gasteiger partial charge on any atom is -0.466 e. The maximum absolute atomic E-state index is 13.0. The van der Waals surface area contributed by atoms with Crippen LogP contribution in [0.15, 0.2) is 78.9 Å². The van der Waals surface area contributed by atoms with Crippen LogP contribution < -0.4 is 31.3 Å². The molecule has 0 radical (unpaired) electrons. The number of carbonyl (C=O) groups excluding carboxylic acids is 4. The molecule has 14 nitrogen and oxygen atoms in total. The quantitative estimate of drug-likeness (QED) is 0.0540. The summed E-state index contributed by atoms with van der Waals surface area (Å²) in [5.74, 6) is -2.92. The lowest BCUT2D eigenvalue weighted by Crippen LogP contribution is -2.45. The highest BCUT2D eigenvalue weighted by atomic mass is 35.5. The Morgan fingerprint density at radius 1 is 0.857 bits per heavy atom. The molecular weight excluding hydrogens is 757 g/mol. The third-order valence-corrected chi connectivity index (χ3v) is 8.60. The van der Waals surface area contributed by atoms with Crippen molar-refractivity contribution in [2.75, 3.05) is 42.8 Å². The van der Waals surface area contributed by atoms with Gasteiger partial charge >= 0.3 is 30.0 Å². The Morgan fingerprint density at radius 2 is 1.52 bits per heavy atom. The third-order valence-electron chi connectivity index (χ3n) is 8.35. The van der Waals surface area contributed by atoms with E-state index in [-0.39, 0.29) is 25.0 Å². The monoisotopic (exact) mass is 794 g/mol. The first-order chi connectivity index (χ1) is 26.5. The Morgan fingerprint density at radius 3 is 2.18 bits per heavy atom. The number of aromatic nitrogens is 3. The van der Waals surface area contributed by atoms with Gasteiger partial charge in [0.25, 0.3) is 5.91 Å². The number of hydrogen-bond donors (Lipinski definition) is 5. The maximum atomic E-state index is 13.0. The van der Waals surface area contributed by atoms with E-state index in [4.69, 9.17) is 16.3 Å². The molecule has 3 amide bonds. The number of amides is 3. The van der Waals surface area contributed by atoms with E-state index in [0.29, 0.717) is 27.5 Å². The van der Waals surface area contributed by atoms with Gasteiger partial charge in [-0.05, 0) is 77.9 Å². The summed E-state index contributed by atoms with van der Waals surface area (Å²) in [7, 11) is 1.24. The summed E-state index contributed by atoms with van der Waals surface area (Å²) in [5.41, 5.74) is 1.21. The van der Waals surface area contributed by atoms with Crippen LogP contribution in [0, 0.1) is 5.41 Å². The maximum Gasteiger partial charge on any atom is 0.422 e. The zero-order valence-corrected chi connectivity index (χ0v) is 31.2. The van der Waals surface area contributed by atoms with Gasteiger partial charge in [-0.3, -0.25) is 14.4 Å². The lowest BCUT2D eigenvalue weighted by Gasteiger charge is -2.25. The Bertz CT molecular complexity index is 2090. The fourth-order valence-electron chi connectivity index (χ4n) is 5.15. The highest BCUT2D eigenvalue weighted by Gasteiger charge is 2.45. The van der Waals surface area contributed by atoms with Gasteiger partial charge in [-0.2, -0.15) is 28.1 Å². The molecule has 56 heavy (non-hydrogen) atoms. The number of anilines is 4. The average Bonchev–Trinajstić information content (AvgIpc) is 3.95. The van der Waals surface area contributed by atoms with Gasteiger partial charge in [-0.1, -0.05) is 55.8 Å². The van der Waals surface area contributed by atoms with Crippen molar-refractivity contribution >= 4 is 64.6 Å². The molecule has 0 aliphatic heterocycles. The minimum atomic E-state index is -4.62. The fraction of sp³-hybridized carbons (Fsp3) is 0.289. The summed E-state index contributed by atoms with van der Waals surface area (Å²) in [6, 6.07) is 19.4. The molecule has 4 aromatic rings. The molecule has 5 N–H and O–H groups in total. The van der Waals surface area contributed by atoms with Gasteiger partial charge in [0.15, 0.2) is 6.61 Å². The van der Waals surface area contributed by atoms with Crippen molar-refractivity contribution in [2.24, 2.45) is 5.41 Å². The lowest BCUT2D eigenvalue weighted by molar-refractivity contribution is -0.154. The topological polar surface area (TPSA) is 186 Å². The van der Waals surface area contributed by atoms with Crippen LogP contribution in [-0.2, 0) is 24.7 Å². The summed E-state index contributed by atoms with van der Waals surface area (Å²) < 4.78 is 48.3. The third kappa shape index (κ3) is 11.9. The first-order valence-electron chi connectivity index (χ1n) is 17.1. The van der Waals surface area contributed by atoms with Crippen LogP contribution in [0.2, 0.25) is 5.02 Å². The SMILES string of the molecule is COC(=O)/C=C/c1ccccc1NC(=O)C(=O)NCC(C)(C)CNC(=O)c1ccc(Nc2nc(NC3(c4ccc(Cl)cc4)CC3)nc(OCC(F)(F)F)n2)cc1. The van der Waals surface area contributed by atoms with Crippen LogP contribution in [0.4, 0.5) is 36.4 Å². The second-order valence-electron chi connectivity index (χ2n) is 13.5. The number of esters is 1. The molecule has 1 saturated carbocycles. The first-order valence-corrected chi connectivity index (χ1v) is 17.5. The van der Waals surface area contributed by atoms with Crippen LogP contribution in [0.5, 0.6) is 6.01 Å². The molecule has 1 aliphatic carbocycles. The molecule has 0 spiro atoms. The van der Waals surface area contributed by atoms with E-state index in [1.165, 1.54) is 31.4 Å². The number of ether oxygens (including phenoxy) is 2. The van der Waals surface area contributed by atoms with E-state index < -0.39 is 53.4 Å². The van der Waals surface area contributed by atoms with Crippen molar-refractivity contribution in [3.05, 3.63) is 101 Å². The second-order valence-corrected chi connectivity index (χ2v) is 13.9. The Balaban J connectivity index is 1.16. The smallest absolute Gasteiger partial charge is 0.422 e. The van der Waals surface area contributed by atoms with Crippen molar-refractivity contribution in [2.45, 2.75) is 38.4 Å². The molecular formula is C38H38ClF3N8O6. The van der Waals surface area contributed by atoms with E-state index in [2.05, 4.69) is 46.3 Å². The molecule has 0 atom stereocenters. The van der Waals surface area contributed by atoms with Gasteiger partial charge in [0, 0.05) is 41.1 Å². The number of methoxy groups -OCH3 is 1. The van der Waals surface area contributed by atoms with Gasteiger partial charge in [0.2, 0.25) is 11.9 Å². The minimum absolute atomic E-state index is 0.00206. The number of halogens is 4. The fourth-order valence-corrected chi connectivity index (χ4v) is 5.28. The second kappa shape index (κ2) is 17.5. The van der Waals surface area contributed by atoms with Crippen molar-refractivity contribution < 1.29 is 41.8 Å².